The van der Waals surface area contributed by atoms with Crippen LogP contribution in [0.5, 0.6) is 11.5 Å². The number of hydrogen-bond donors (Lipinski definition) is 0. The molecule has 0 aliphatic carbocycles. The van der Waals surface area contributed by atoms with Crippen molar-refractivity contribution in [1.82, 2.24) is 14.8 Å². The van der Waals surface area contributed by atoms with Crippen molar-refractivity contribution in [2.45, 2.75) is 17.3 Å². The quantitative estimate of drug-likeness (QED) is 0.283. The Labute approximate surface area is 194 Å². The summed E-state index contributed by atoms with van der Waals surface area (Å²) in [6.07, 6.45) is 0.681. The van der Waals surface area contributed by atoms with Crippen molar-refractivity contribution in [2.24, 2.45) is 0 Å². The first-order valence-electron chi connectivity index (χ1n) is 9.76. The molecule has 0 fully saturated rings. The molecule has 5 nitrogen and oxygen atoms in total. The van der Waals surface area contributed by atoms with Crippen LogP contribution in [0.3, 0.4) is 0 Å². The van der Waals surface area contributed by atoms with Crippen LogP contribution in [0.4, 0.5) is 0 Å². The fourth-order valence-corrected chi connectivity index (χ4v) is 4.72. The van der Waals surface area contributed by atoms with Crippen molar-refractivity contribution in [3.8, 4) is 17.2 Å². The summed E-state index contributed by atoms with van der Waals surface area (Å²) < 4.78 is 13.7. The van der Waals surface area contributed by atoms with E-state index in [1.807, 2.05) is 36.4 Å². The summed E-state index contributed by atoms with van der Waals surface area (Å²) in [4.78, 5) is 0. The van der Waals surface area contributed by atoms with Crippen LogP contribution in [-0.2, 0) is 12.2 Å². The topological polar surface area (TPSA) is 49.2 Å². The molecule has 31 heavy (non-hydrogen) atoms. The second-order valence-corrected chi connectivity index (χ2v) is 8.65. The van der Waals surface area contributed by atoms with Gasteiger partial charge in [0.2, 0.25) is 0 Å². The molecule has 158 valence electrons. The highest BCUT2D eigenvalue weighted by molar-refractivity contribution is 9.10. The van der Waals surface area contributed by atoms with Gasteiger partial charge in [-0.05, 0) is 63.5 Å². The molecule has 3 aromatic carbocycles. The van der Waals surface area contributed by atoms with E-state index in [1.54, 1.807) is 26.0 Å². The third-order valence-corrected chi connectivity index (χ3v) is 6.44. The van der Waals surface area contributed by atoms with Gasteiger partial charge in [-0.1, -0.05) is 48.2 Å². The minimum absolute atomic E-state index is 0.681. The van der Waals surface area contributed by atoms with Crippen molar-refractivity contribution < 1.29 is 9.47 Å². The summed E-state index contributed by atoms with van der Waals surface area (Å²) in [5, 5.41) is 9.89. The molecule has 4 rings (SSSR count). The summed E-state index contributed by atoms with van der Waals surface area (Å²) in [7, 11) is 3.34. The lowest BCUT2D eigenvalue weighted by molar-refractivity contribution is 0.412. The number of hydrogen-bond acceptors (Lipinski definition) is 5. The van der Waals surface area contributed by atoms with Crippen LogP contribution < -0.4 is 9.47 Å². The smallest absolute Gasteiger partial charge is 0.196 e. The number of thioether (sulfide) groups is 1. The molecule has 1 aromatic heterocycles. The maximum absolute atomic E-state index is 5.33. The van der Waals surface area contributed by atoms with Crippen molar-refractivity contribution in [1.29, 1.82) is 0 Å². The van der Waals surface area contributed by atoms with E-state index in [4.69, 9.17) is 9.47 Å². The summed E-state index contributed by atoms with van der Waals surface area (Å²) in [6.45, 7) is 0. The van der Waals surface area contributed by atoms with Gasteiger partial charge >= 0.3 is 0 Å². The average Bonchev–Trinajstić information content (AvgIpc) is 3.21. The van der Waals surface area contributed by atoms with Gasteiger partial charge in [0.05, 0.1) is 18.7 Å². The van der Waals surface area contributed by atoms with Crippen LogP contribution in [0.1, 0.15) is 17.0 Å². The lowest BCUT2D eigenvalue weighted by Gasteiger charge is -2.11. The third-order valence-electron chi connectivity index (χ3n) is 4.82. The lowest BCUT2D eigenvalue weighted by Crippen LogP contribution is -2.04. The Kier molecular flexibility index (Phi) is 6.94. The Balaban J connectivity index is 1.60. The highest BCUT2D eigenvalue weighted by Crippen LogP contribution is 2.30. The first-order chi connectivity index (χ1) is 15.2. The van der Waals surface area contributed by atoms with E-state index in [1.165, 1.54) is 5.56 Å². The van der Waals surface area contributed by atoms with E-state index in [9.17, 15) is 0 Å². The number of rotatable bonds is 8. The standard InChI is InChI=1S/C24H22BrN3O2S/c1-29-20-11-8-17(9-12-20)15-23-26-27-24(28(23)19-6-4-3-5-7-19)31-16-18-10-13-22(30-2)21(25)14-18/h3-14H,15-16H2,1-2H3. The Morgan fingerprint density at radius 2 is 1.61 bits per heavy atom. The Morgan fingerprint density at radius 3 is 2.29 bits per heavy atom. The first kappa shape index (κ1) is 21.5. The molecular formula is C24H22BrN3O2S. The van der Waals surface area contributed by atoms with Crippen LogP contribution in [0.15, 0.2) is 82.4 Å². The van der Waals surface area contributed by atoms with Gasteiger partial charge < -0.3 is 9.47 Å². The zero-order chi connectivity index (χ0) is 21.6. The number of para-hydroxylation sites is 1. The van der Waals surface area contributed by atoms with E-state index in [-0.39, 0.29) is 0 Å². The van der Waals surface area contributed by atoms with Gasteiger partial charge in [-0.2, -0.15) is 0 Å². The van der Waals surface area contributed by atoms with Gasteiger partial charge in [0, 0.05) is 17.9 Å². The lowest BCUT2D eigenvalue weighted by atomic mass is 10.1. The van der Waals surface area contributed by atoms with Crippen LogP contribution in [0, 0.1) is 0 Å². The molecule has 0 aliphatic rings. The summed E-state index contributed by atoms with van der Waals surface area (Å²) in [5.74, 6) is 3.34. The summed E-state index contributed by atoms with van der Waals surface area (Å²) in [6, 6.07) is 24.4. The Morgan fingerprint density at radius 1 is 0.871 bits per heavy atom. The van der Waals surface area contributed by atoms with E-state index >= 15 is 0 Å². The van der Waals surface area contributed by atoms with Crippen LogP contribution in [0.25, 0.3) is 5.69 Å². The molecule has 0 aliphatic heterocycles. The summed E-state index contributed by atoms with van der Waals surface area (Å²) >= 11 is 5.22. The highest BCUT2D eigenvalue weighted by atomic mass is 79.9. The third kappa shape index (κ3) is 5.11. The largest absolute Gasteiger partial charge is 0.497 e. The Hall–Kier alpha value is -2.77. The van der Waals surface area contributed by atoms with Crippen molar-refractivity contribution >= 4 is 27.7 Å². The molecule has 0 amide bonds. The fraction of sp³-hybridized carbons (Fsp3) is 0.167. The van der Waals surface area contributed by atoms with E-state index < -0.39 is 0 Å². The molecule has 7 heteroatoms. The number of aromatic nitrogens is 3. The summed E-state index contributed by atoms with van der Waals surface area (Å²) in [5.41, 5.74) is 3.38. The molecule has 0 saturated heterocycles. The molecule has 0 saturated carbocycles. The van der Waals surface area contributed by atoms with Crippen molar-refractivity contribution in [3.63, 3.8) is 0 Å². The van der Waals surface area contributed by atoms with Gasteiger partial charge in [-0.25, -0.2) is 0 Å². The predicted molar refractivity (Wildman–Crippen MR) is 127 cm³/mol. The predicted octanol–water partition coefficient (Wildman–Crippen LogP) is 5.93. The average molecular weight is 496 g/mol. The van der Waals surface area contributed by atoms with Gasteiger partial charge in [0.25, 0.3) is 0 Å². The Bertz CT molecular complexity index is 1150. The van der Waals surface area contributed by atoms with Crippen molar-refractivity contribution in [3.05, 3.63) is 94.2 Å². The SMILES string of the molecule is COc1ccc(Cc2nnc(SCc3ccc(OC)c(Br)c3)n2-c2ccccc2)cc1. The van der Waals surface area contributed by atoms with Gasteiger partial charge in [0.1, 0.15) is 17.3 Å². The highest BCUT2D eigenvalue weighted by Gasteiger charge is 2.15. The second-order valence-electron chi connectivity index (χ2n) is 6.85. The van der Waals surface area contributed by atoms with Gasteiger partial charge in [0.15, 0.2) is 5.16 Å². The normalized spacial score (nSPS) is 10.8. The van der Waals surface area contributed by atoms with Crippen LogP contribution >= 0.6 is 27.7 Å². The van der Waals surface area contributed by atoms with E-state index in [0.29, 0.717) is 6.42 Å². The van der Waals surface area contributed by atoms with Crippen LogP contribution in [-0.4, -0.2) is 29.0 Å². The maximum Gasteiger partial charge on any atom is 0.196 e. The first-order valence-corrected chi connectivity index (χ1v) is 11.5. The van der Waals surface area contributed by atoms with Crippen molar-refractivity contribution in [2.75, 3.05) is 14.2 Å². The van der Waals surface area contributed by atoms with E-state index in [0.717, 1.165) is 44.0 Å². The van der Waals surface area contributed by atoms with Crippen LogP contribution in [0.2, 0.25) is 0 Å². The number of benzene rings is 3. The monoisotopic (exact) mass is 495 g/mol. The van der Waals surface area contributed by atoms with Gasteiger partial charge in [-0.15, -0.1) is 10.2 Å². The maximum atomic E-state index is 5.33. The van der Waals surface area contributed by atoms with E-state index in [2.05, 4.69) is 67.1 Å². The number of ether oxygens (including phenoxy) is 2. The zero-order valence-electron chi connectivity index (χ0n) is 17.3. The molecule has 0 unspecified atom stereocenters. The molecule has 4 aromatic rings. The molecule has 0 N–H and O–H groups in total. The number of methoxy groups -OCH3 is 2. The molecule has 1 heterocycles. The minimum Gasteiger partial charge on any atom is -0.497 e. The number of halogens is 1. The molecule has 0 atom stereocenters. The second kappa shape index (κ2) is 10.0. The molecule has 0 radical (unpaired) electrons. The zero-order valence-corrected chi connectivity index (χ0v) is 19.7. The molecule has 0 spiro atoms. The van der Waals surface area contributed by atoms with Gasteiger partial charge in [-0.3, -0.25) is 4.57 Å². The minimum atomic E-state index is 0.681. The fourth-order valence-electron chi connectivity index (χ4n) is 3.22. The molecule has 0 bridgehead atoms. The number of nitrogens with zero attached hydrogens (tertiary/aromatic N) is 3. The molecular weight excluding hydrogens is 474 g/mol.